The number of hydrazine groups is 1. The first kappa shape index (κ1) is 34.8. The molecule has 0 bridgehead atoms. The number of nitrogen functional groups attached to an aromatic ring is 1. The van der Waals surface area contributed by atoms with Crippen LogP contribution >= 0.6 is 23.2 Å². The number of carbonyl (C=O) groups excluding carboxylic acids is 1. The van der Waals surface area contributed by atoms with E-state index in [1.54, 1.807) is 60.7 Å². The second kappa shape index (κ2) is 15.8. The molecule has 43 heavy (non-hydrogen) atoms. The third kappa shape index (κ3) is 10.8. The summed E-state index contributed by atoms with van der Waals surface area (Å²) in [5.41, 5.74) is 13.3. The Labute approximate surface area is 255 Å². The molecule has 0 radical (unpaired) electrons. The molecule has 232 valence electrons. The Bertz CT molecular complexity index is 1400. The molecule has 0 aliphatic carbocycles. The fraction of sp³-hybridized carbons (Fsp3) is 0.250. The summed E-state index contributed by atoms with van der Waals surface area (Å²) in [6.07, 6.45) is -5.13. The van der Waals surface area contributed by atoms with Crippen molar-refractivity contribution in [3.63, 3.8) is 0 Å². The van der Waals surface area contributed by atoms with Crippen molar-refractivity contribution in [3.05, 3.63) is 81.8 Å². The minimum absolute atomic E-state index is 0.0428. The molecule has 0 spiro atoms. The molecule has 3 aromatic carbocycles. The summed E-state index contributed by atoms with van der Waals surface area (Å²) in [5.74, 6) is -2.09. The largest absolute Gasteiger partial charge is 0.490 e. The lowest BCUT2D eigenvalue weighted by Gasteiger charge is -2.23. The summed E-state index contributed by atoms with van der Waals surface area (Å²) in [6.45, 7) is 6.17. The zero-order chi connectivity index (χ0) is 32.3. The monoisotopic (exact) mass is 643 g/mol. The van der Waals surface area contributed by atoms with Gasteiger partial charge in [0, 0.05) is 11.3 Å². The first-order valence-corrected chi connectivity index (χ1v) is 13.3. The number of amidine groups is 1. The number of benzene rings is 3. The van der Waals surface area contributed by atoms with E-state index < -0.39 is 24.1 Å². The van der Waals surface area contributed by atoms with Gasteiger partial charge in [-0.15, -0.1) is 0 Å². The second-order valence-corrected chi connectivity index (χ2v) is 9.70. The number of nitrogens with one attached hydrogen (secondary N) is 4. The van der Waals surface area contributed by atoms with Gasteiger partial charge in [-0.25, -0.2) is 4.79 Å². The van der Waals surface area contributed by atoms with Crippen LogP contribution in [0.5, 0.6) is 11.5 Å². The maximum Gasteiger partial charge on any atom is 0.490 e. The van der Waals surface area contributed by atoms with Gasteiger partial charge in [0.25, 0.3) is 5.91 Å². The van der Waals surface area contributed by atoms with Crippen molar-refractivity contribution in [1.82, 2.24) is 5.43 Å². The molecule has 0 fully saturated rings. The SMILES string of the molecule is CCOc1cc(C(Nc2ccc(C(=N)N)cc2)C(=O)NNc2c(Cl)cccc2Cl)ccc1OC(C)C.O=C(O)C(F)(F)F. The smallest absolute Gasteiger partial charge is 0.490 e. The Morgan fingerprint density at radius 3 is 2.09 bits per heavy atom. The van der Waals surface area contributed by atoms with E-state index in [1.165, 1.54) is 0 Å². The van der Waals surface area contributed by atoms with E-state index in [0.717, 1.165) is 0 Å². The molecule has 3 rings (SSSR count). The summed E-state index contributed by atoms with van der Waals surface area (Å²) in [4.78, 5) is 22.3. The molecule has 1 amide bonds. The van der Waals surface area contributed by atoms with Crippen molar-refractivity contribution >= 4 is 52.3 Å². The highest BCUT2D eigenvalue weighted by molar-refractivity contribution is 6.39. The Kier molecular flexibility index (Phi) is 12.8. The molecule has 0 heterocycles. The van der Waals surface area contributed by atoms with Gasteiger partial charge < -0.3 is 25.6 Å². The van der Waals surface area contributed by atoms with Crippen LogP contribution in [0.2, 0.25) is 10.0 Å². The number of carbonyl (C=O) groups is 2. The number of hydrogen-bond acceptors (Lipinski definition) is 7. The molecule has 0 aliphatic rings. The summed E-state index contributed by atoms with van der Waals surface area (Å²) in [7, 11) is 0. The lowest BCUT2D eigenvalue weighted by molar-refractivity contribution is -0.192. The van der Waals surface area contributed by atoms with Gasteiger partial charge in [-0.3, -0.25) is 21.1 Å². The maximum atomic E-state index is 13.4. The first-order chi connectivity index (χ1) is 20.1. The molecule has 7 N–H and O–H groups in total. The molecule has 10 nitrogen and oxygen atoms in total. The van der Waals surface area contributed by atoms with Gasteiger partial charge in [0.2, 0.25) is 0 Å². The molecular formula is C28H30Cl2F3N5O5. The number of halogens is 5. The lowest BCUT2D eigenvalue weighted by Crippen LogP contribution is -2.37. The molecule has 3 aromatic rings. The Hall–Kier alpha value is -4.36. The standard InChI is InChI=1S/C26H29Cl2N5O3.C2HF3O2/c1-4-35-22-14-17(10-13-21(22)36-15(2)3)23(31-18-11-8-16(9-12-18)25(29)30)26(34)33-32-24-19(27)6-5-7-20(24)28;3-2(4,5)1(6)7/h5-15,23,31-32H,4H2,1-3H3,(H3,29,30)(H,33,34);(H,6,7). The number of hydrogen-bond donors (Lipinski definition) is 6. The van der Waals surface area contributed by atoms with Crippen LogP contribution in [-0.2, 0) is 9.59 Å². The van der Waals surface area contributed by atoms with Gasteiger partial charge >= 0.3 is 12.1 Å². The van der Waals surface area contributed by atoms with Crippen LogP contribution in [0, 0.1) is 5.41 Å². The quantitative estimate of drug-likeness (QED) is 0.0796. The number of amides is 1. The van der Waals surface area contributed by atoms with E-state index >= 15 is 0 Å². The van der Waals surface area contributed by atoms with E-state index in [-0.39, 0.29) is 11.9 Å². The van der Waals surface area contributed by atoms with E-state index in [4.69, 9.17) is 53.7 Å². The number of nitrogens with two attached hydrogens (primary N) is 1. The maximum absolute atomic E-state index is 13.4. The second-order valence-electron chi connectivity index (χ2n) is 8.89. The van der Waals surface area contributed by atoms with Crippen molar-refractivity contribution in [2.24, 2.45) is 5.73 Å². The molecule has 1 atom stereocenters. The van der Waals surface area contributed by atoms with Crippen molar-refractivity contribution in [2.45, 2.75) is 39.1 Å². The van der Waals surface area contributed by atoms with E-state index in [2.05, 4.69) is 16.2 Å². The number of rotatable bonds is 11. The lowest BCUT2D eigenvalue weighted by atomic mass is 10.0. The van der Waals surface area contributed by atoms with Crippen molar-refractivity contribution in [3.8, 4) is 11.5 Å². The van der Waals surface area contributed by atoms with Crippen LogP contribution in [0.15, 0.2) is 60.7 Å². The van der Waals surface area contributed by atoms with E-state index in [0.29, 0.717) is 50.7 Å². The molecular weight excluding hydrogens is 614 g/mol. The minimum Gasteiger partial charge on any atom is -0.490 e. The summed E-state index contributed by atoms with van der Waals surface area (Å²) in [5, 5.41) is 18.7. The molecule has 0 saturated heterocycles. The fourth-order valence-electron chi connectivity index (χ4n) is 3.35. The predicted octanol–water partition coefficient (Wildman–Crippen LogP) is 6.39. The van der Waals surface area contributed by atoms with Crippen LogP contribution in [0.1, 0.15) is 37.9 Å². The first-order valence-electron chi connectivity index (χ1n) is 12.6. The molecule has 0 saturated carbocycles. The third-order valence-corrected chi connectivity index (χ3v) is 5.88. The van der Waals surface area contributed by atoms with E-state index in [9.17, 15) is 18.0 Å². The van der Waals surface area contributed by atoms with Crippen molar-refractivity contribution in [2.75, 3.05) is 17.3 Å². The summed E-state index contributed by atoms with van der Waals surface area (Å²) >= 11 is 12.4. The van der Waals surface area contributed by atoms with E-state index in [1.807, 2.05) is 20.8 Å². The van der Waals surface area contributed by atoms with Crippen LogP contribution in [0.25, 0.3) is 0 Å². The average Bonchev–Trinajstić information content (AvgIpc) is 2.92. The fourth-order valence-corrected chi connectivity index (χ4v) is 3.84. The molecule has 1 unspecified atom stereocenters. The number of aliphatic carboxylic acids is 1. The van der Waals surface area contributed by atoms with Gasteiger partial charge in [0.15, 0.2) is 11.5 Å². The van der Waals surface area contributed by atoms with Crippen molar-refractivity contribution < 1.29 is 37.3 Å². The van der Waals surface area contributed by atoms with Crippen LogP contribution in [0.4, 0.5) is 24.5 Å². The van der Waals surface area contributed by atoms with Gasteiger partial charge in [-0.05, 0) is 74.9 Å². The summed E-state index contributed by atoms with van der Waals surface area (Å²) in [6, 6.07) is 16.4. The average molecular weight is 644 g/mol. The van der Waals surface area contributed by atoms with Gasteiger partial charge in [0.05, 0.1) is 28.4 Å². The minimum atomic E-state index is -5.08. The highest BCUT2D eigenvalue weighted by Gasteiger charge is 2.38. The van der Waals surface area contributed by atoms with Crippen molar-refractivity contribution in [1.29, 1.82) is 5.41 Å². The van der Waals surface area contributed by atoms with Crippen LogP contribution in [-0.4, -0.2) is 41.7 Å². The molecule has 0 aromatic heterocycles. The predicted molar refractivity (Wildman–Crippen MR) is 159 cm³/mol. The Morgan fingerprint density at radius 1 is 1.02 bits per heavy atom. The number of anilines is 2. The molecule has 15 heteroatoms. The normalized spacial score (nSPS) is 11.5. The Balaban J connectivity index is 0.000000821. The zero-order valence-electron chi connectivity index (χ0n) is 23.2. The topological polar surface area (TPSA) is 159 Å². The number of para-hydroxylation sites is 1. The number of alkyl halides is 3. The summed E-state index contributed by atoms with van der Waals surface area (Å²) < 4.78 is 43.4. The molecule has 0 aliphatic heterocycles. The zero-order valence-corrected chi connectivity index (χ0v) is 24.7. The number of ether oxygens (including phenoxy) is 2. The van der Waals surface area contributed by atoms with Crippen LogP contribution in [0.3, 0.4) is 0 Å². The van der Waals surface area contributed by atoms with Gasteiger partial charge in [-0.2, -0.15) is 13.2 Å². The van der Waals surface area contributed by atoms with Gasteiger partial charge in [0.1, 0.15) is 11.9 Å². The highest BCUT2D eigenvalue weighted by Crippen LogP contribution is 2.33. The third-order valence-electron chi connectivity index (χ3n) is 5.25. The Morgan fingerprint density at radius 2 is 1.60 bits per heavy atom. The highest BCUT2D eigenvalue weighted by atomic mass is 35.5. The number of carboxylic acid groups (broad SMARTS) is 1. The number of carboxylic acids is 1. The van der Waals surface area contributed by atoms with Gasteiger partial charge in [-0.1, -0.05) is 35.3 Å². The van der Waals surface area contributed by atoms with Crippen LogP contribution < -0.4 is 31.4 Å².